The fourth-order valence-corrected chi connectivity index (χ4v) is 9.45. The molecule has 0 N–H and O–H groups in total. The van der Waals surface area contributed by atoms with E-state index in [1.165, 1.54) is 85.7 Å². The van der Waals surface area contributed by atoms with Gasteiger partial charge in [-0.15, -0.1) is 11.3 Å². The van der Waals surface area contributed by atoms with Gasteiger partial charge in [0.1, 0.15) is 5.65 Å². The van der Waals surface area contributed by atoms with E-state index < -0.39 is 0 Å². The van der Waals surface area contributed by atoms with Gasteiger partial charge in [-0.05, 0) is 69.6 Å². The van der Waals surface area contributed by atoms with Gasteiger partial charge in [-0.3, -0.25) is 9.13 Å². The van der Waals surface area contributed by atoms with Crippen molar-refractivity contribution in [3.05, 3.63) is 170 Å². The molecule has 0 aliphatic rings. The molecule has 2 nitrogen and oxygen atoms in total. The third kappa shape index (κ3) is 3.76. The lowest BCUT2D eigenvalue weighted by molar-refractivity contribution is 1.07. The van der Waals surface area contributed by atoms with Crippen molar-refractivity contribution in [2.24, 2.45) is 0 Å². The molecule has 11 aromatic rings. The summed E-state index contributed by atoms with van der Waals surface area (Å²) in [6.45, 7) is 0. The van der Waals surface area contributed by atoms with Gasteiger partial charge in [-0.1, -0.05) is 127 Å². The van der Waals surface area contributed by atoms with Crippen molar-refractivity contribution in [2.45, 2.75) is 0 Å². The molecule has 0 aliphatic heterocycles. The van der Waals surface area contributed by atoms with Crippen molar-refractivity contribution >= 4 is 85.9 Å². The van der Waals surface area contributed by atoms with Crippen LogP contribution in [0.25, 0.3) is 97.1 Å². The second-order valence-electron chi connectivity index (χ2n) is 12.9. The molecule has 49 heavy (non-hydrogen) atoms. The standard InChI is InChI=1S/C46H28N2S/c1-2-15-32(16-3-1)47-40-23-11-19-35(36-20-10-21-38-42-34-17-7-6-13-30(34)25-27-41(42)49-45(36)38)43(40)44-37-18-8-9-22-39(37)48(46(44)47)33-26-24-29-12-4-5-14-31(29)28-33/h1-28H. The summed E-state index contributed by atoms with van der Waals surface area (Å²) in [7, 11) is 0. The van der Waals surface area contributed by atoms with Gasteiger partial charge in [0, 0.05) is 53.3 Å². The van der Waals surface area contributed by atoms with Crippen LogP contribution in [0, 0.1) is 0 Å². The van der Waals surface area contributed by atoms with Crippen LogP contribution in [-0.4, -0.2) is 9.13 Å². The number of thiophene rings is 1. The summed E-state index contributed by atoms with van der Waals surface area (Å²) in [5, 5.41) is 11.6. The maximum Gasteiger partial charge on any atom is 0.131 e. The van der Waals surface area contributed by atoms with Crippen molar-refractivity contribution in [1.82, 2.24) is 9.13 Å². The molecule has 0 fully saturated rings. The first-order valence-corrected chi connectivity index (χ1v) is 17.6. The van der Waals surface area contributed by atoms with E-state index in [0.29, 0.717) is 0 Å². The summed E-state index contributed by atoms with van der Waals surface area (Å²) in [5.74, 6) is 0. The van der Waals surface area contributed by atoms with Crippen LogP contribution in [0.2, 0.25) is 0 Å². The van der Waals surface area contributed by atoms with Gasteiger partial charge in [0.25, 0.3) is 0 Å². The Morgan fingerprint density at radius 3 is 1.92 bits per heavy atom. The molecule has 0 saturated carbocycles. The summed E-state index contributed by atoms with van der Waals surface area (Å²) in [5.41, 5.74) is 8.44. The molecular formula is C46H28N2S. The Labute approximate surface area is 286 Å². The number of fused-ring (bicyclic) bond motifs is 11. The number of hydrogen-bond acceptors (Lipinski definition) is 1. The number of hydrogen-bond donors (Lipinski definition) is 0. The highest BCUT2D eigenvalue weighted by Crippen LogP contribution is 2.48. The lowest BCUT2D eigenvalue weighted by Crippen LogP contribution is -2.01. The number of aromatic nitrogens is 2. The van der Waals surface area contributed by atoms with Gasteiger partial charge in [-0.2, -0.15) is 0 Å². The Hall–Kier alpha value is -6.16. The predicted octanol–water partition coefficient (Wildman–Crippen LogP) is 13.1. The highest BCUT2D eigenvalue weighted by molar-refractivity contribution is 7.26. The van der Waals surface area contributed by atoms with Crippen LogP contribution in [0.4, 0.5) is 0 Å². The Balaban J connectivity index is 1.32. The Morgan fingerprint density at radius 2 is 1.02 bits per heavy atom. The van der Waals surface area contributed by atoms with E-state index in [1.54, 1.807) is 0 Å². The van der Waals surface area contributed by atoms with E-state index >= 15 is 0 Å². The van der Waals surface area contributed by atoms with Crippen LogP contribution in [-0.2, 0) is 0 Å². The number of para-hydroxylation sites is 2. The summed E-state index contributed by atoms with van der Waals surface area (Å²) in [6.07, 6.45) is 0. The van der Waals surface area contributed by atoms with Crippen molar-refractivity contribution in [3.63, 3.8) is 0 Å². The molecule has 3 heteroatoms. The molecule has 0 atom stereocenters. The first kappa shape index (κ1) is 26.9. The Kier molecular flexibility index (Phi) is 5.57. The van der Waals surface area contributed by atoms with E-state index in [-0.39, 0.29) is 0 Å². The number of rotatable bonds is 3. The number of nitrogens with zero attached hydrogens (tertiary/aromatic N) is 2. The normalized spacial score (nSPS) is 12.1. The molecule has 8 aromatic carbocycles. The predicted molar refractivity (Wildman–Crippen MR) is 211 cm³/mol. The van der Waals surface area contributed by atoms with Gasteiger partial charge in [-0.25, -0.2) is 0 Å². The first-order valence-electron chi connectivity index (χ1n) is 16.8. The quantitative estimate of drug-likeness (QED) is 0.182. The van der Waals surface area contributed by atoms with E-state index in [0.717, 1.165) is 11.4 Å². The molecule has 3 aromatic heterocycles. The molecule has 11 rings (SSSR count). The maximum absolute atomic E-state index is 2.47. The minimum absolute atomic E-state index is 1.15. The third-order valence-electron chi connectivity index (χ3n) is 10.3. The molecule has 0 spiro atoms. The van der Waals surface area contributed by atoms with Crippen molar-refractivity contribution in [2.75, 3.05) is 0 Å². The topological polar surface area (TPSA) is 9.86 Å². The van der Waals surface area contributed by atoms with Crippen molar-refractivity contribution in [3.8, 4) is 22.5 Å². The zero-order valence-electron chi connectivity index (χ0n) is 26.5. The smallest absolute Gasteiger partial charge is 0.131 e. The number of benzene rings is 8. The average molecular weight is 641 g/mol. The minimum atomic E-state index is 1.15. The van der Waals surface area contributed by atoms with Gasteiger partial charge in [0.05, 0.1) is 11.0 Å². The zero-order chi connectivity index (χ0) is 32.1. The van der Waals surface area contributed by atoms with Crippen LogP contribution in [0.15, 0.2) is 170 Å². The largest absolute Gasteiger partial charge is 0.295 e. The average Bonchev–Trinajstić information content (AvgIpc) is 3.82. The van der Waals surface area contributed by atoms with Crippen LogP contribution in [0.5, 0.6) is 0 Å². The molecule has 0 aliphatic carbocycles. The monoisotopic (exact) mass is 640 g/mol. The molecule has 0 saturated heterocycles. The Morgan fingerprint density at radius 1 is 0.367 bits per heavy atom. The van der Waals surface area contributed by atoms with E-state index in [2.05, 4.69) is 179 Å². The van der Waals surface area contributed by atoms with Gasteiger partial charge >= 0.3 is 0 Å². The van der Waals surface area contributed by atoms with Crippen LogP contribution in [0.1, 0.15) is 0 Å². The maximum atomic E-state index is 2.47. The second kappa shape index (κ2) is 10.2. The van der Waals surface area contributed by atoms with Gasteiger partial charge in [0.2, 0.25) is 0 Å². The Bertz CT molecular complexity index is 3100. The molecule has 3 heterocycles. The molecule has 0 bridgehead atoms. The van der Waals surface area contributed by atoms with Crippen LogP contribution >= 0.6 is 11.3 Å². The highest BCUT2D eigenvalue weighted by Gasteiger charge is 2.25. The molecule has 228 valence electrons. The van der Waals surface area contributed by atoms with Crippen LogP contribution < -0.4 is 0 Å². The first-order chi connectivity index (χ1) is 24.3. The van der Waals surface area contributed by atoms with E-state index in [9.17, 15) is 0 Å². The molecule has 0 unspecified atom stereocenters. The van der Waals surface area contributed by atoms with E-state index in [4.69, 9.17) is 0 Å². The summed E-state index contributed by atoms with van der Waals surface area (Å²) in [6, 6.07) is 62.3. The van der Waals surface area contributed by atoms with Crippen molar-refractivity contribution < 1.29 is 0 Å². The SMILES string of the molecule is c1ccc(-n2c3cccc(-c4cccc5c4sc4ccc6ccccc6c45)c3c3c4ccccc4n(-c4ccc5ccccc5c4)c32)cc1. The lowest BCUT2D eigenvalue weighted by atomic mass is 9.96. The fourth-order valence-electron chi connectivity index (χ4n) is 8.21. The molecule has 0 amide bonds. The highest BCUT2D eigenvalue weighted by atomic mass is 32.1. The zero-order valence-corrected chi connectivity index (χ0v) is 27.3. The summed E-state index contributed by atoms with van der Waals surface area (Å²) < 4.78 is 7.61. The fraction of sp³-hybridized carbons (Fsp3) is 0. The van der Waals surface area contributed by atoms with Gasteiger partial charge in [0.15, 0.2) is 0 Å². The molecule has 0 radical (unpaired) electrons. The summed E-state index contributed by atoms with van der Waals surface area (Å²) in [4.78, 5) is 0. The molecular weight excluding hydrogens is 613 g/mol. The van der Waals surface area contributed by atoms with Gasteiger partial charge < -0.3 is 0 Å². The van der Waals surface area contributed by atoms with Crippen molar-refractivity contribution in [1.29, 1.82) is 0 Å². The second-order valence-corrected chi connectivity index (χ2v) is 13.9. The third-order valence-corrected chi connectivity index (χ3v) is 11.5. The summed E-state index contributed by atoms with van der Waals surface area (Å²) >= 11 is 1.91. The minimum Gasteiger partial charge on any atom is -0.295 e. The van der Waals surface area contributed by atoms with Crippen LogP contribution in [0.3, 0.4) is 0 Å². The lowest BCUT2D eigenvalue weighted by Gasteiger charge is -2.14. The van der Waals surface area contributed by atoms with E-state index in [1.807, 2.05) is 11.3 Å².